The lowest BCUT2D eigenvalue weighted by molar-refractivity contribution is 1.01. The van der Waals surface area contributed by atoms with Crippen LogP contribution in [0.25, 0.3) is 11.3 Å². The van der Waals surface area contributed by atoms with Crippen molar-refractivity contribution >= 4 is 5.82 Å². The van der Waals surface area contributed by atoms with Crippen LogP contribution in [0.1, 0.15) is 6.92 Å². The van der Waals surface area contributed by atoms with Gasteiger partial charge in [-0.1, -0.05) is 0 Å². The largest absolute Gasteiger partial charge is 0.369 e. The maximum Gasteiger partial charge on any atom is 0.148 e. The van der Waals surface area contributed by atoms with Gasteiger partial charge in [0.05, 0.1) is 5.69 Å². The van der Waals surface area contributed by atoms with E-state index in [4.69, 9.17) is 0 Å². The van der Waals surface area contributed by atoms with Gasteiger partial charge >= 0.3 is 0 Å². The van der Waals surface area contributed by atoms with Crippen LogP contribution in [-0.2, 0) is 0 Å². The van der Waals surface area contributed by atoms with Crippen molar-refractivity contribution in [1.82, 2.24) is 20.2 Å². The Morgan fingerprint density at radius 3 is 2.53 bits per heavy atom. The first kappa shape index (κ1) is 9.51. The van der Waals surface area contributed by atoms with Crippen molar-refractivity contribution in [3.8, 4) is 11.3 Å². The molecule has 0 saturated carbocycles. The minimum absolute atomic E-state index is 0.775. The number of aromatic nitrogens is 4. The molecule has 0 aliphatic rings. The summed E-state index contributed by atoms with van der Waals surface area (Å²) >= 11 is 0. The summed E-state index contributed by atoms with van der Waals surface area (Å²) in [5, 5.41) is 11.2. The van der Waals surface area contributed by atoms with E-state index in [1.807, 2.05) is 19.1 Å². The standard InChI is InChI=1S/C10H11N5/c1-2-13-10-4-3-9(14-15-10)8-5-11-7-12-6-8/h3-7H,2H2,1H3,(H,13,15). The average Bonchev–Trinajstić information content (AvgIpc) is 2.32. The molecular formula is C10H11N5. The molecule has 0 spiro atoms. The highest BCUT2D eigenvalue weighted by Gasteiger charge is 2.00. The second-order valence-corrected chi connectivity index (χ2v) is 2.96. The number of nitrogens with one attached hydrogen (secondary N) is 1. The van der Waals surface area contributed by atoms with Crippen molar-refractivity contribution in [1.29, 1.82) is 0 Å². The first-order valence-electron chi connectivity index (χ1n) is 4.73. The van der Waals surface area contributed by atoms with Gasteiger partial charge in [0.15, 0.2) is 0 Å². The Morgan fingerprint density at radius 2 is 1.93 bits per heavy atom. The molecule has 2 aromatic heterocycles. The van der Waals surface area contributed by atoms with Gasteiger partial charge in [-0.2, -0.15) is 0 Å². The summed E-state index contributed by atoms with van der Waals surface area (Å²) < 4.78 is 0. The van der Waals surface area contributed by atoms with Gasteiger partial charge in [0.25, 0.3) is 0 Å². The minimum Gasteiger partial charge on any atom is -0.369 e. The molecule has 5 heteroatoms. The van der Waals surface area contributed by atoms with Gasteiger partial charge in [-0.05, 0) is 19.1 Å². The second-order valence-electron chi connectivity index (χ2n) is 2.96. The van der Waals surface area contributed by atoms with Crippen LogP contribution in [0.5, 0.6) is 0 Å². The third kappa shape index (κ3) is 2.25. The van der Waals surface area contributed by atoms with E-state index in [2.05, 4.69) is 25.5 Å². The molecule has 0 saturated heterocycles. The van der Waals surface area contributed by atoms with Crippen LogP contribution < -0.4 is 5.32 Å². The fourth-order valence-electron chi connectivity index (χ4n) is 1.19. The summed E-state index contributed by atoms with van der Waals surface area (Å²) in [6.45, 7) is 2.85. The summed E-state index contributed by atoms with van der Waals surface area (Å²) in [4.78, 5) is 7.85. The van der Waals surface area contributed by atoms with E-state index in [-0.39, 0.29) is 0 Å². The molecule has 15 heavy (non-hydrogen) atoms. The Kier molecular flexibility index (Phi) is 2.82. The van der Waals surface area contributed by atoms with Crippen LogP contribution in [0.2, 0.25) is 0 Å². The maximum atomic E-state index is 4.08. The molecule has 0 atom stereocenters. The predicted molar refractivity (Wildman–Crippen MR) is 57.2 cm³/mol. The summed E-state index contributed by atoms with van der Waals surface area (Å²) in [7, 11) is 0. The first-order chi connectivity index (χ1) is 7.40. The van der Waals surface area contributed by atoms with E-state index in [9.17, 15) is 0 Å². The molecule has 0 aliphatic carbocycles. The number of hydrogen-bond acceptors (Lipinski definition) is 5. The second kappa shape index (κ2) is 4.45. The molecule has 2 rings (SSSR count). The molecule has 0 unspecified atom stereocenters. The zero-order chi connectivity index (χ0) is 10.5. The molecule has 0 fully saturated rings. The highest BCUT2D eigenvalue weighted by molar-refractivity contribution is 5.56. The van der Waals surface area contributed by atoms with E-state index in [1.54, 1.807) is 12.4 Å². The SMILES string of the molecule is CCNc1ccc(-c2cncnc2)nn1. The van der Waals surface area contributed by atoms with Crippen LogP contribution in [0.4, 0.5) is 5.82 Å². The number of rotatable bonds is 3. The van der Waals surface area contributed by atoms with E-state index >= 15 is 0 Å². The van der Waals surface area contributed by atoms with Crippen LogP contribution in [0.3, 0.4) is 0 Å². The third-order valence-corrected chi connectivity index (χ3v) is 1.88. The Morgan fingerprint density at radius 1 is 1.13 bits per heavy atom. The molecular weight excluding hydrogens is 190 g/mol. The molecule has 0 radical (unpaired) electrons. The normalized spacial score (nSPS) is 9.93. The quantitative estimate of drug-likeness (QED) is 0.812. The van der Waals surface area contributed by atoms with Crippen LogP contribution in [0, 0.1) is 0 Å². The van der Waals surface area contributed by atoms with Crippen LogP contribution in [0.15, 0.2) is 30.9 Å². The smallest absolute Gasteiger partial charge is 0.148 e. The molecule has 1 N–H and O–H groups in total. The van der Waals surface area contributed by atoms with Gasteiger partial charge < -0.3 is 5.32 Å². The zero-order valence-corrected chi connectivity index (χ0v) is 8.38. The number of nitrogens with zero attached hydrogens (tertiary/aromatic N) is 4. The van der Waals surface area contributed by atoms with E-state index in [0.29, 0.717) is 0 Å². The van der Waals surface area contributed by atoms with Gasteiger partial charge in [-0.25, -0.2) is 9.97 Å². The summed E-state index contributed by atoms with van der Waals surface area (Å²) in [5.41, 5.74) is 1.64. The molecule has 0 aromatic carbocycles. The highest BCUT2D eigenvalue weighted by atomic mass is 15.2. The lowest BCUT2D eigenvalue weighted by Gasteiger charge is -2.01. The lowest BCUT2D eigenvalue weighted by atomic mass is 10.2. The Balaban J connectivity index is 2.24. The fraction of sp³-hybridized carbons (Fsp3) is 0.200. The predicted octanol–water partition coefficient (Wildman–Crippen LogP) is 1.37. The fourth-order valence-corrected chi connectivity index (χ4v) is 1.19. The first-order valence-corrected chi connectivity index (χ1v) is 4.73. The van der Waals surface area contributed by atoms with Gasteiger partial charge in [0.1, 0.15) is 12.1 Å². The number of anilines is 1. The van der Waals surface area contributed by atoms with Crippen LogP contribution in [-0.4, -0.2) is 26.7 Å². The van der Waals surface area contributed by atoms with Crippen LogP contribution >= 0.6 is 0 Å². The molecule has 5 nitrogen and oxygen atoms in total. The summed E-state index contributed by atoms with van der Waals surface area (Å²) in [6.07, 6.45) is 4.91. The molecule has 0 bridgehead atoms. The van der Waals surface area contributed by atoms with Crippen molar-refractivity contribution in [2.45, 2.75) is 6.92 Å². The lowest BCUT2D eigenvalue weighted by Crippen LogP contribution is -2.00. The summed E-state index contributed by atoms with van der Waals surface area (Å²) in [6, 6.07) is 3.78. The van der Waals surface area contributed by atoms with Gasteiger partial charge in [-0.15, -0.1) is 10.2 Å². The third-order valence-electron chi connectivity index (χ3n) is 1.88. The molecule has 76 valence electrons. The van der Waals surface area contributed by atoms with Gasteiger partial charge in [-0.3, -0.25) is 0 Å². The Labute approximate surface area is 87.6 Å². The van der Waals surface area contributed by atoms with E-state index < -0.39 is 0 Å². The molecule has 2 aromatic rings. The molecule has 2 heterocycles. The zero-order valence-electron chi connectivity index (χ0n) is 8.38. The van der Waals surface area contributed by atoms with Crippen molar-refractivity contribution in [2.75, 3.05) is 11.9 Å². The maximum absolute atomic E-state index is 4.08. The van der Waals surface area contributed by atoms with Crippen molar-refractivity contribution in [2.24, 2.45) is 0 Å². The Hall–Kier alpha value is -2.04. The minimum atomic E-state index is 0.775. The van der Waals surface area contributed by atoms with E-state index in [0.717, 1.165) is 23.6 Å². The van der Waals surface area contributed by atoms with Crippen molar-refractivity contribution in [3.63, 3.8) is 0 Å². The van der Waals surface area contributed by atoms with Crippen molar-refractivity contribution < 1.29 is 0 Å². The van der Waals surface area contributed by atoms with Gasteiger partial charge in [0.2, 0.25) is 0 Å². The van der Waals surface area contributed by atoms with Crippen molar-refractivity contribution in [3.05, 3.63) is 30.9 Å². The highest BCUT2D eigenvalue weighted by Crippen LogP contribution is 2.13. The summed E-state index contributed by atoms with van der Waals surface area (Å²) in [5.74, 6) is 0.776. The molecule has 0 aliphatic heterocycles. The topological polar surface area (TPSA) is 63.6 Å². The molecule has 0 amide bonds. The Bertz CT molecular complexity index is 412. The van der Waals surface area contributed by atoms with E-state index in [1.165, 1.54) is 6.33 Å². The average molecular weight is 201 g/mol. The van der Waals surface area contributed by atoms with Gasteiger partial charge in [0, 0.05) is 24.5 Å². The number of hydrogen-bond donors (Lipinski definition) is 1. The monoisotopic (exact) mass is 201 g/mol.